The van der Waals surface area contributed by atoms with Crippen molar-refractivity contribution in [1.29, 1.82) is 0 Å². The van der Waals surface area contributed by atoms with Gasteiger partial charge in [-0.1, -0.05) is 12.1 Å². The maximum absolute atomic E-state index is 11.9. The highest BCUT2D eigenvalue weighted by molar-refractivity contribution is 7.99. The molecule has 0 spiro atoms. The summed E-state index contributed by atoms with van der Waals surface area (Å²) in [5.41, 5.74) is 2.60. The van der Waals surface area contributed by atoms with Crippen LogP contribution in [-0.2, 0) is 4.79 Å². The fraction of sp³-hybridized carbons (Fsp3) is 0.286. The second-order valence-corrected chi connectivity index (χ2v) is 5.58. The molecule has 0 saturated heterocycles. The van der Waals surface area contributed by atoms with E-state index in [1.807, 2.05) is 31.2 Å². The van der Waals surface area contributed by atoms with Crippen LogP contribution in [0.2, 0.25) is 0 Å². The third-order valence-corrected chi connectivity index (χ3v) is 3.72. The fourth-order valence-corrected chi connectivity index (χ4v) is 2.42. The summed E-state index contributed by atoms with van der Waals surface area (Å²) in [6, 6.07) is 7.78. The molecule has 2 rings (SSSR count). The molecule has 0 saturated carbocycles. The quantitative estimate of drug-likeness (QED) is 0.711. The third kappa shape index (κ3) is 3.77. The van der Waals surface area contributed by atoms with Gasteiger partial charge in [-0.05, 0) is 24.6 Å². The van der Waals surface area contributed by atoms with Gasteiger partial charge in [0.05, 0.1) is 5.75 Å². The molecule has 106 valence electrons. The zero-order valence-electron chi connectivity index (χ0n) is 11.1. The van der Waals surface area contributed by atoms with Crippen molar-refractivity contribution in [1.82, 2.24) is 10.3 Å². The Balaban J connectivity index is 1.89. The van der Waals surface area contributed by atoms with Crippen LogP contribution < -0.4 is 5.32 Å². The second-order valence-electron chi connectivity index (χ2n) is 4.48. The summed E-state index contributed by atoms with van der Waals surface area (Å²) in [7, 11) is 0. The number of benzene rings is 1. The molecular formula is C14H16N2O3S. The molecule has 1 aromatic heterocycles. The monoisotopic (exact) mass is 292 g/mol. The van der Waals surface area contributed by atoms with E-state index in [-0.39, 0.29) is 11.7 Å². The van der Waals surface area contributed by atoms with E-state index >= 15 is 0 Å². The van der Waals surface area contributed by atoms with E-state index in [1.54, 1.807) is 0 Å². The number of rotatable bonds is 6. The van der Waals surface area contributed by atoms with Crippen LogP contribution in [-0.4, -0.2) is 40.0 Å². The van der Waals surface area contributed by atoms with Gasteiger partial charge in [-0.25, -0.2) is 0 Å². The van der Waals surface area contributed by atoms with Crippen LogP contribution in [0.15, 0.2) is 24.3 Å². The summed E-state index contributed by atoms with van der Waals surface area (Å²) >= 11 is 1.28. The number of carboxylic acids is 1. The minimum absolute atomic E-state index is 0.0571. The minimum atomic E-state index is -0.840. The normalized spacial score (nSPS) is 10.7. The molecule has 0 aliphatic rings. The van der Waals surface area contributed by atoms with Gasteiger partial charge in [-0.3, -0.25) is 9.59 Å². The largest absolute Gasteiger partial charge is 0.481 e. The average molecular weight is 292 g/mol. The Labute approximate surface area is 120 Å². The summed E-state index contributed by atoms with van der Waals surface area (Å²) < 4.78 is 0. The molecule has 0 radical (unpaired) electrons. The molecule has 0 bridgehead atoms. The van der Waals surface area contributed by atoms with Crippen LogP contribution in [0.4, 0.5) is 0 Å². The first kappa shape index (κ1) is 14.5. The van der Waals surface area contributed by atoms with Crippen LogP contribution >= 0.6 is 11.8 Å². The molecule has 0 unspecified atom stereocenters. The molecule has 1 aromatic carbocycles. The SMILES string of the molecule is Cc1ccc2cc(C(=O)NCCSCC(=O)O)[nH]c2c1. The fourth-order valence-electron chi connectivity index (χ4n) is 1.85. The molecule has 0 aliphatic heterocycles. The lowest BCUT2D eigenvalue weighted by atomic mass is 10.2. The molecule has 0 aliphatic carbocycles. The Morgan fingerprint density at radius 2 is 2.15 bits per heavy atom. The number of H-pyrrole nitrogens is 1. The van der Waals surface area contributed by atoms with Gasteiger partial charge in [0, 0.05) is 23.2 Å². The number of fused-ring (bicyclic) bond motifs is 1. The van der Waals surface area contributed by atoms with Crippen molar-refractivity contribution >= 4 is 34.5 Å². The molecule has 20 heavy (non-hydrogen) atoms. The molecule has 0 fully saturated rings. The van der Waals surface area contributed by atoms with Crippen molar-refractivity contribution in [2.24, 2.45) is 0 Å². The highest BCUT2D eigenvalue weighted by atomic mass is 32.2. The minimum Gasteiger partial charge on any atom is -0.481 e. The van der Waals surface area contributed by atoms with Crippen molar-refractivity contribution in [3.8, 4) is 0 Å². The topological polar surface area (TPSA) is 82.2 Å². The van der Waals surface area contributed by atoms with E-state index in [9.17, 15) is 9.59 Å². The number of aromatic amines is 1. The van der Waals surface area contributed by atoms with Gasteiger partial charge in [-0.15, -0.1) is 11.8 Å². The Morgan fingerprint density at radius 1 is 1.35 bits per heavy atom. The number of thioether (sulfide) groups is 1. The van der Waals surface area contributed by atoms with Crippen molar-refractivity contribution in [2.75, 3.05) is 18.1 Å². The van der Waals surface area contributed by atoms with Crippen LogP contribution in [0.5, 0.6) is 0 Å². The maximum Gasteiger partial charge on any atom is 0.313 e. The number of aryl methyl sites for hydroxylation is 1. The van der Waals surface area contributed by atoms with Crippen LogP contribution in [0.1, 0.15) is 16.1 Å². The van der Waals surface area contributed by atoms with Crippen LogP contribution in [0.3, 0.4) is 0 Å². The van der Waals surface area contributed by atoms with Gasteiger partial charge in [0.2, 0.25) is 0 Å². The number of carbonyl (C=O) groups excluding carboxylic acids is 1. The molecule has 3 N–H and O–H groups in total. The third-order valence-electron chi connectivity index (χ3n) is 2.78. The highest BCUT2D eigenvalue weighted by Gasteiger charge is 2.09. The summed E-state index contributed by atoms with van der Waals surface area (Å²) in [4.78, 5) is 25.3. The zero-order valence-corrected chi connectivity index (χ0v) is 11.9. The Morgan fingerprint density at radius 3 is 2.90 bits per heavy atom. The summed E-state index contributed by atoms with van der Waals surface area (Å²) in [6.07, 6.45) is 0. The smallest absolute Gasteiger partial charge is 0.313 e. The van der Waals surface area contributed by atoms with Gasteiger partial charge in [0.25, 0.3) is 5.91 Å². The van der Waals surface area contributed by atoms with Gasteiger partial charge in [0.15, 0.2) is 0 Å². The van der Waals surface area contributed by atoms with Crippen LogP contribution in [0.25, 0.3) is 10.9 Å². The predicted molar refractivity (Wildman–Crippen MR) is 80.3 cm³/mol. The first-order valence-corrected chi connectivity index (χ1v) is 7.39. The summed E-state index contributed by atoms with van der Waals surface area (Å²) in [5, 5.41) is 12.3. The second kappa shape index (κ2) is 6.47. The summed E-state index contributed by atoms with van der Waals surface area (Å²) in [5.74, 6) is -0.374. The van der Waals surface area contributed by atoms with E-state index in [0.29, 0.717) is 18.0 Å². The number of carboxylic acid groups (broad SMARTS) is 1. The van der Waals surface area contributed by atoms with E-state index in [0.717, 1.165) is 16.5 Å². The average Bonchev–Trinajstić information content (AvgIpc) is 2.80. The molecule has 0 atom stereocenters. The van der Waals surface area contributed by atoms with E-state index in [1.165, 1.54) is 11.8 Å². The number of aromatic nitrogens is 1. The number of hydrogen-bond donors (Lipinski definition) is 3. The first-order chi connectivity index (χ1) is 9.56. The molecule has 1 amide bonds. The number of amides is 1. The van der Waals surface area contributed by atoms with Crippen molar-refractivity contribution in [3.63, 3.8) is 0 Å². The van der Waals surface area contributed by atoms with Gasteiger partial charge in [-0.2, -0.15) is 0 Å². The molecular weight excluding hydrogens is 276 g/mol. The van der Waals surface area contributed by atoms with Gasteiger partial charge in [0.1, 0.15) is 5.69 Å². The molecule has 1 heterocycles. The predicted octanol–water partition coefficient (Wildman–Crippen LogP) is 2.02. The number of nitrogens with one attached hydrogen (secondary N) is 2. The van der Waals surface area contributed by atoms with Crippen molar-refractivity contribution in [2.45, 2.75) is 6.92 Å². The molecule has 6 heteroatoms. The lowest BCUT2D eigenvalue weighted by Crippen LogP contribution is -2.26. The van der Waals surface area contributed by atoms with Crippen LogP contribution in [0, 0.1) is 6.92 Å². The lowest BCUT2D eigenvalue weighted by Gasteiger charge is -2.02. The highest BCUT2D eigenvalue weighted by Crippen LogP contribution is 2.16. The summed E-state index contributed by atoms with van der Waals surface area (Å²) in [6.45, 7) is 2.45. The number of aliphatic carboxylic acids is 1. The van der Waals surface area contributed by atoms with Crippen molar-refractivity contribution in [3.05, 3.63) is 35.5 Å². The Hall–Kier alpha value is -1.95. The zero-order chi connectivity index (χ0) is 14.5. The first-order valence-electron chi connectivity index (χ1n) is 6.23. The van der Waals surface area contributed by atoms with E-state index in [4.69, 9.17) is 5.11 Å². The standard InChI is InChI=1S/C14H16N2O3S/c1-9-2-3-10-7-12(16-11(10)6-9)14(19)15-4-5-20-8-13(17)18/h2-3,6-7,16H,4-5,8H2,1H3,(H,15,19)(H,17,18). The lowest BCUT2D eigenvalue weighted by molar-refractivity contribution is -0.133. The number of hydrogen-bond acceptors (Lipinski definition) is 3. The molecule has 2 aromatic rings. The Kier molecular flexibility index (Phi) is 4.68. The van der Waals surface area contributed by atoms with E-state index < -0.39 is 5.97 Å². The van der Waals surface area contributed by atoms with Crippen molar-refractivity contribution < 1.29 is 14.7 Å². The Bertz CT molecular complexity index is 636. The van der Waals surface area contributed by atoms with Gasteiger partial charge < -0.3 is 15.4 Å². The van der Waals surface area contributed by atoms with Gasteiger partial charge >= 0.3 is 5.97 Å². The van der Waals surface area contributed by atoms with E-state index in [2.05, 4.69) is 10.3 Å². The molecule has 5 nitrogen and oxygen atoms in total. The number of carbonyl (C=O) groups is 2. The maximum atomic E-state index is 11.9.